The van der Waals surface area contributed by atoms with Crippen LogP contribution in [-0.4, -0.2) is 60.7 Å². The number of piperazine rings is 1. The van der Waals surface area contributed by atoms with Crippen LogP contribution in [0.4, 0.5) is 18.0 Å². The van der Waals surface area contributed by atoms with Crippen LogP contribution in [0.25, 0.3) is 0 Å². The molecule has 140 valence electrons. The number of aromatic nitrogens is 1. The van der Waals surface area contributed by atoms with Gasteiger partial charge in [0.25, 0.3) is 0 Å². The summed E-state index contributed by atoms with van der Waals surface area (Å²) in [5.74, 6) is -0.662. The molecule has 7 nitrogen and oxygen atoms in total. The first-order chi connectivity index (χ1) is 11.3. The van der Waals surface area contributed by atoms with Crippen molar-refractivity contribution in [2.75, 3.05) is 32.7 Å². The number of amides is 3. The second-order valence-electron chi connectivity index (χ2n) is 5.32. The zero-order chi connectivity index (χ0) is 17.6. The van der Waals surface area contributed by atoms with Gasteiger partial charge in [0.2, 0.25) is 5.91 Å². The average Bonchev–Trinajstić information content (AvgIpc) is 2.53. The van der Waals surface area contributed by atoms with Gasteiger partial charge in [0.05, 0.1) is 6.54 Å². The molecular weight excluding hydrogens is 363 g/mol. The molecule has 0 bridgehead atoms. The van der Waals surface area contributed by atoms with E-state index in [1.165, 1.54) is 0 Å². The van der Waals surface area contributed by atoms with Crippen molar-refractivity contribution in [3.8, 4) is 0 Å². The number of halogens is 4. The number of nitrogens with zero attached hydrogens (tertiary/aromatic N) is 2. The highest BCUT2D eigenvalue weighted by Crippen LogP contribution is 2.20. The third kappa shape index (κ3) is 7.24. The predicted octanol–water partition coefficient (Wildman–Crippen LogP) is 0.838. The van der Waals surface area contributed by atoms with Crippen LogP contribution >= 0.6 is 12.4 Å². The van der Waals surface area contributed by atoms with E-state index in [0.717, 1.165) is 5.56 Å². The standard InChI is InChI=1S/C14H18F3N5O2.ClH/c15-14(16,17)9-20-13(24)21-12(23)8-22-5-4-19-7-11(22)10-2-1-3-18-6-10;/h1-3,6,11,19H,4-5,7-9H2,(H2,20,21,23,24);1H. The van der Waals surface area contributed by atoms with E-state index in [4.69, 9.17) is 0 Å². The maximum absolute atomic E-state index is 12.0. The minimum Gasteiger partial charge on any atom is -0.329 e. The maximum atomic E-state index is 12.0. The lowest BCUT2D eigenvalue weighted by Gasteiger charge is -2.35. The third-order valence-corrected chi connectivity index (χ3v) is 3.47. The van der Waals surface area contributed by atoms with Gasteiger partial charge in [0, 0.05) is 38.1 Å². The number of nitrogens with one attached hydrogen (secondary N) is 3. The SMILES string of the molecule is Cl.O=C(CN1CCNCC1c1cccnc1)NC(=O)NCC(F)(F)F. The largest absolute Gasteiger partial charge is 0.405 e. The molecule has 1 aromatic heterocycles. The quantitative estimate of drug-likeness (QED) is 0.719. The number of urea groups is 1. The Morgan fingerprint density at radius 2 is 2.16 bits per heavy atom. The summed E-state index contributed by atoms with van der Waals surface area (Å²) in [6.07, 6.45) is -1.19. The van der Waals surface area contributed by atoms with Crippen molar-refractivity contribution >= 4 is 24.3 Å². The van der Waals surface area contributed by atoms with E-state index >= 15 is 0 Å². The van der Waals surface area contributed by atoms with Gasteiger partial charge in [0.15, 0.2) is 0 Å². The van der Waals surface area contributed by atoms with Gasteiger partial charge in [-0.3, -0.25) is 20.0 Å². The number of alkyl halides is 3. The number of rotatable bonds is 4. The van der Waals surface area contributed by atoms with Crippen LogP contribution in [0.2, 0.25) is 0 Å². The normalized spacial score (nSPS) is 18.1. The lowest BCUT2D eigenvalue weighted by Crippen LogP contribution is -2.51. The number of pyridine rings is 1. The summed E-state index contributed by atoms with van der Waals surface area (Å²) in [6.45, 7) is 0.263. The molecule has 25 heavy (non-hydrogen) atoms. The summed E-state index contributed by atoms with van der Waals surface area (Å²) in [4.78, 5) is 29.1. The van der Waals surface area contributed by atoms with E-state index in [-0.39, 0.29) is 25.0 Å². The summed E-state index contributed by atoms with van der Waals surface area (Å²) < 4.78 is 36.0. The Morgan fingerprint density at radius 3 is 2.80 bits per heavy atom. The van der Waals surface area contributed by atoms with E-state index in [0.29, 0.717) is 19.6 Å². The molecule has 2 heterocycles. The van der Waals surface area contributed by atoms with Gasteiger partial charge >= 0.3 is 12.2 Å². The molecule has 0 radical (unpaired) electrons. The lowest BCUT2D eigenvalue weighted by molar-refractivity contribution is -0.125. The molecule has 1 aliphatic rings. The molecule has 11 heteroatoms. The van der Waals surface area contributed by atoms with Gasteiger partial charge in [-0.1, -0.05) is 6.07 Å². The maximum Gasteiger partial charge on any atom is 0.405 e. The molecule has 1 unspecified atom stereocenters. The van der Waals surface area contributed by atoms with E-state index in [1.807, 2.05) is 16.3 Å². The highest BCUT2D eigenvalue weighted by atomic mass is 35.5. The Kier molecular flexibility index (Phi) is 8.07. The third-order valence-electron chi connectivity index (χ3n) is 3.47. The molecule has 0 spiro atoms. The van der Waals surface area contributed by atoms with Crippen molar-refractivity contribution in [1.82, 2.24) is 25.8 Å². The Labute approximate surface area is 148 Å². The average molecular weight is 382 g/mol. The number of carbonyl (C=O) groups excluding carboxylic acids is 2. The zero-order valence-electron chi connectivity index (χ0n) is 13.2. The second-order valence-corrected chi connectivity index (χ2v) is 5.32. The van der Waals surface area contributed by atoms with Crippen LogP contribution in [0.1, 0.15) is 11.6 Å². The van der Waals surface area contributed by atoms with E-state index < -0.39 is 24.7 Å². The monoisotopic (exact) mass is 381 g/mol. The Balaban J connectivity index is 0.00000312. The number of hydrogen-bond acceptors (Lipinski definition) is 5. The highest BCUT2D eigenvalue weighted by molar-refractivity contribution is 5.95. The predicted molar refractivity (Wildman–Crippen MR) is 86.3 cm³/mol. The number of imide groups is 1. The Bertz CT molecular complexity index is 573. The van der Waals surface area contributed by atoms with Gasteiger partial charge in [-0.2, -0.15) is 13.2 Å². The van der Waals surface area contributed by atoms with Gasteiger partial charge in [-0.05, 0) is 11.6 Å². The molecular formula is C14H19ClF3N5O2. The van der Waals surface area contributed by atoms with Crippen molar-refractivity contribution in [2.24, 2.45) is 0 Å². The first-order valence-electron chi connectivity index (χ1n) is 7.34. The van der Waals surface area contributed by atoms with Crippen LogP contribution in [0.5, 0.6) is 0 Å². The fourth-order valence-corrected chi connectivity index (χ4v) is 2.41. The van der Waals surface area contributed by atoms with Gasteiger partial charge in [0.1, 0.15) is 6.54 Å². The first kappa shape index (κ1) is 21.1. The van der Waals surface area contributed by atoms with Gasteiger partial charge in [-0.15, -0.1) is 12.4 Å². The molecule has 1 aromatic rings. The molecule has 0 aromatic carbocycles. The fraction of sp³-hybridized carbons (Fsp3) is 0.500. The minimum absolute atomic E-state index is 0. The summed E-state index contributed by atoms with van der Waals surface area (Å²) in [6, 6.07) is 2.40. The number of carbonyl (C=O) groups is 2. The summed E-state index contributed by atoms with van der Waals surface area (Å²) in [7, 11) is 0. The molecule has 1 saturated heterocycles. The smallest absolute Gasteiger partial charge is 0.329 e. The summed E-state index contributed by atoms with van der Waals surface area (Å²) >= 11 is 0. The summed E-state index contributed by atoms with van der Waals surface area (Å²) in [5.41, 5.74) is 0.916. The molecule has 3 N–H and O–H groups in total. The van der Waals surface area contributed by atoms with Crippen molar-refractivity contribution in [3.05, 3.63) is 30.1 Å². The first-order valence-corrected chi connectivity index (χ1v) is 7.34. The van der Waals surface area contributed by atoms with Crippen LogP contribution in [0.15, 0.2) is 24.5 Å². The molecule has 0 saturated carbocycles. The fourth-order valence-electron chi connectivity index (χ4n) is 2.41. The molecule has 1 atom stereocenters. The van der Waals surface area contributed by atoms with Crippen molar-refractivity contribution < 1.29 is 22.8 Å². The molecule has 0 aliphatic carbocycles. The molecule has 1 aliphatic heterocycles. The van der Waals surface area contributed by atoms with Crippen LogP contribution in [0.3, 0.4) is 0 Å². The van der Waals surface area contributed by atoms with Crippen molar-refractivity contribution in [3.63, 3.8) is 0 Å². The minimum atomic E-state index is -4.52. The molecule has 3 amide bonds. The van der Waals surface area contributed by atoms with Crippen molar-refractivity contribution in [1.29, 1.82) is 0 Å². The molecule has 2 rings (SSSR count). The van der Waals surface area contributed by atoms with Crippen molar-refractivity contribution in [2.45, 2.75) is 12.2 Å². The summed E-state index contributed by atoms with van der Waals surface area (Å²) in [5, 5.41) is 6.71. The second kappa shape index (κ2) is 9.54. The Morgan fingerprint density at radius 1 is 1.40 bits per heavy atom. The van der Waals surface area contributed by atoms with E-state index in [2.05, 4.69) is 10.3 Å². The van der Waals surface area contributed by atoms with Crippen LogP contribution in [-0.2, 0) is 4.79 Å². The van der Waals surface area contributed by atoms with Gasteiger partial charge < -0.3 is 10.6 Å². The lowest BCUT2D eigenvalue weighted by atomic mass is 10.1. The van der Waals surface area contributed by atoms with Crippen LogP contribution in [0, 0.1) is 0 Å². The Hall–Kier alpha value is -1.91. The van der Waals surface area contributed by atoms with E-state index in [9.17, 15) is 22.8 Å². The topological polar surface area (TPSA) is 86.4 Å². The number of hydrogen-bond donors (Lipinski definition) is 3. The molecule has 1 fully saturated rings. The van der Waals surface area contributed by atoms with E-state index in [1.54, 1.807) is 23.8 Å². The highest BCUT2D eigenvalue weighted by Gasteiger charge is 2.29. The van der Waals surface area contributed by atoms with Gasteiger partial charge in [-0.25, -0.2) is 4.79 Å². The van der Waals surface area contributed by atoms with Crippen LogP contribution < -0.4 is 16.0 Å². The zero-order valence-corrected chi connectivity index (χ0v) is 14.0.